The van der Waals surface area contributed by atoms with Gasteiger partial charge >= 0.3 is 0 Å². The van der Waals surface area contributed by atoms with E-state index in [2.05, 4.69) is 5.16 Å². The molecular weight excluding hydrogens is 164 g/mol. The van der Waals surface area contributed by atoms with E-state index in [4.69, 9.17) is 10.3 Å². The van der Waals surface area contributed by atoms with E-state index in [0.717, 1.165) is 22.4 Å². The minimum Gasteiger partial charge on any atom is -0.399 e. The third kappa shape index (κ3) is 1.80. The smallest absolute Gasteiger partial charge is 0.167 e. The maximum atomic E-state index is 5.58. The SMILES string of the molecule is CC.Cc1noc2ccc(N)cc12. The average Bonchev–Trinajstić information content (AvgIpc) is 2.52. The zero-order valence-electron chi connectivity index (χ0n) is 8.16. The van der Waals surface area contributed by atoms with E-state index in [-0.39, 0.29) is 0 Å². The molecule has 0 unspecified atom stereocenters. The molecule has 0 spiro atoms. The topological polar surface area (TPSA) is 52.0 Å². The van der Waals surface area contributed by atoms with Gasteiger partial charge in [0.2, 0.25) is 0 Å². The summed E-state index contributed by atoms with van der Waals surface area (Å²) in [5, 5.41) is 4.80. The molecule has 2 N–H and O–H groups in total. The number of rotatable bonds is 0. The van der Waals surface area contributed by atoms with Crippen LogP contribution in [-0.2, 0) is 0 Å². The van der Waals surface area contributed by atoms with Crippen LogP contribution in [0.4, 0.5) is 5.69 Å². The first-order valence-corrected chi connectivity index (χ1v) is 4.39. The number of fused-ring (bicyclic) bond motifs is 1. The first-order valence-electron chi connectivity index (χ1n) is 4.39. The van der Waals surface area contributed by atoms with Crippen molar-refractivity contribution in [3.8, 4) is 0 Å². The normalized spacial score (nSPS) is 9.46. The van der Waals surface area contributed by atoms with Crippen molar-refractivity contribution < 1.29 is 4.52 Å². The fourth-order valence-electron chi connectivity index (χ4n) is 1.08. The summed E-state index contributed by atoms with van der Waals surface area (Å²) in [6.07, 6.45) is 0. The molecule has 3 heteroatoms. The van der Waals surface area contributed by atoms with Crippen LogP contribution in [0.25, 0.3) is 11.0 Å². The lowest BCUT2D eigenvalue weighted by Crippen LogP contribution is -1.82. The van der Waals surface area contributed by atoms with Gasteiger partial charge in [-0.15, -0.1) is 0 Å². The van der Waals surface area contributed by atoms with Crippen molar-refractivity contribution in [1.29, 1.82) is 0 Å². The number of nitrogens with zero attached hydrogens (tertiary/aromatic N) is 1. The molecule has 3 nitrogen and oxygen atoms in total. The molecular formula is C10H14N2O. The second-order valence-corrected chi connectivity index (χ2v) is 2.52. The second kappa shape index (κ2) is 3.94. The summed E-state index contributed by atoms with van der Waals surface area (Å²) >= 11 is 0. The van der Waals surface area contributed by atoms with Crippen LogP contribution in [0.5, 0.6) is 0 Å². The first kappa shape index (κ1) is 9.58. The maximum absolute atomic E-state index is 5.58. The third-order valence-electron chi connectivity index (χ3n) is 1.67. The van der Waals surface area contributed by atoms with Crippen LogP contribution in [0.1, 0.15) is 19.5 Å². The standard InChI is InChI=1S/C8H8N2O.C2H6/c1-5-7-4-6(9)2-3-8(7)11-10-5;1-2/h2-4H,9H2,1H3;1-2H3. The Bertz CT molecular complexity index is 393. The van der Waals surface area contributed by atoms with E-state index in [1.807, 2.05) is 32.9 Å². The van der Waals surface area contributed by atoms with Gasteiger partial charge in [-0.25, -0.2) is 0 Å². The van der Waals surface area contributed by atoms with E-state index in [1.165, 1.54) is 0 Å². The molecule has 0 aliphatic heterocycles. The molecule has 2 aromatic rings. The average molecular weight is 178 g/mol. The van der Waals surface area contributed by atoms with Crippen molar-refractivity contribution in [1.82, 2.24) is 5.16 Å². The van der Waals surface area contributed by atoms with Crippen molar-refractivity contribution in [2.45, 2.75) is 20.8 Å². The molecule has 70 valence electrons. The molecule has 0 fully saturated rings. The van der Waals surface area contributed by atoms with Crippen LogP contribution in [0.15, 0.2) is 22.7 Å². The van der Waals surface area contributed by atoms with E-state index in [9.17, 15) is 0 Å². The number of aryl methyl sites for hydroxylation is 1. The minimum atomic E-state index is 0.740. The van der Waals surface area contributed by atoms with Crippen LogP contribution in [-0.4, -0.2) is 5.16 Å². The summed E-state index contributed by atoms with van der Waals surface area (Å²) in [6, 6.07) is 5.48. The van der Waals surface area contributed by atoms with Crippen LogP contribution in [0.2, 0.25) is 0 Å². The van der Waals surface area contributed by atoms with Gasteiger partial charge < -0.3 is 10.3 Å². The van der Waals surface area contributed by atoms with E-state index < -0.39 is 0 Å². The molecule has 1 aromatic heterocycles. The Balaban J connectivity index is 0.000000396. The van der Waals surface area contributed by atoms with Gasteiger partial charge in [-0.2, -0.15) is 0 Å². The molecule has 2 rings (SSSR count). The summed E-state index contributed by atoms with van der Waals surface area (Å²) in [5.41, 5.74) is 7.99. The highest BCUT2D eigenvalue weighted by Crippen LogP contribution is 2.19. The number of hydrogen-bond donors (Lipinski definition) is 1. The summed E-state index contributed by atoms with van der Waals surface area (Å²) in [5.74, 6) is 0. The number of nitrogens with two attached hydrogens (primary N) is 1. The lowest BCUT2D eigenvalue weighted by Gasteiger charge is -1.89. The van der Waals surface area contributed by atoms with E-state index in [1.54, 1.807) is 6.07 Å². The van der Waals surface area contributed by atoms with Crippen LogP contribution in [0, 0.1) is 6.92 Å². The molecule has 0 atom stereocenters. The first-order chi connectivity index (χ1) is 6.27. The molecule has 0 radical (unpaired) electrons. The van der Waals surface area contributed by atoms with Crippen molar-refractivity contribution in [2.75, 3.05) is 5.73 Å². The summed E-state index contributed by atoms with van der Waals surface area (Å²) in [7, 11) is 0. The Hall–Kier alpha value is -1.51. The Morgan fingerprint density at radius 3 is 2.69 bits per heavy atom. The minimum absolute atomic E-state index is 0.740. The molecule has 0 saturated heterocycles. The Labute approximate surface area is 77.5 Å². The van der Waals surface area contributed by atoms with Gasteiger partial charge in [-0.1, -0.05) is 19.0 Å². The van der Waals surface area contributed by atoms with Gasteiger partial charge in [0, 0.05) is 11.1 Å². The van der Waals surface area contributed by atoms with Crippen LogP contribution >= 0.6 is 0 Å². The van der Waals surface area contributed by atoms with Gasteiger partial charge in [-0.05, 0) is 25.1 Å². The van der Waals surface area contributed by atoms with Crippen molar-refractivity contribution in [3.63, 3.8) is 0 Å². The second-order valence-electron chi connectivity index (χ2n) is 2.52. The molecule has 0 amide bonds. The van der Waals surface area contributed by atoms with E-state index in [0.29, 0.717) is 0 Å². The lowest BCUT2D eigenvalue weighted by atomic mass is 10.2. The highest BCUT2D eigenvalue weighted by molar-refractivity contribution is 5.82. The van der Waals surface area contributed by atoms with Gasteiger partial charge in [0.05, 0.1) is 5.69 Å². The Morgan fingerprint density at radius 2 is 2.00 bits per heavy atom. The number of aromatic nitrogens is 1. The van der Waals surface area contributed by atoms with Crippen LogP contribution in [0.3, 0.4) is 0 Å². The molecule has 0 aliphatic rings. The Kier molecular flexibility index (Phi) is 2.90. The fraction of sp³-hybridized carbons (Fsp3) is 0.300. The molecule has 13 heavy (non-hydrogen) atoms. The number of nitrogen functional groups attached to an aromatic ring is 1. The maximum Gasteiger partial charge on any atom is 0.167 e. The number of hydrogen-bond acceptors (Lipinski definition) is 3. The quantitative estimate of drug-likeness (QED) is 0.631. The van der Waals surface area contributed by atoms with Gasteiger partial charge in [0.25, 0.3) is 0 Å². The van der Waals surface area contributed by atoms with Gasteiger partial charge in [-0.3, -0.25) is 0 Å². The molecule has 1 aromatic carbocycles. The number of anilines is 1. The van der Waals surface area contributed by atoms with Gasteiger partial charge in [0.15, 0.2) is 5.58 Å². The summed E-state index contributed by atoms with van der Waals surface area (Å²) < 4.78 is 5.00. The zero-order valence-corrected chi connectivity index (χ0v) is 8.16. The summed E-state index contributed by atoms with van der Waals surface area (Å²) in [6.45, 7) is 5.89. The fourth-order valence-corrected chi connectivity index (χ4v) is 1.08. The molecule has 0 aliphatic carbocycles. The highest BCUT2D eigenvalue weighted by atomic mass is 16.5. The third-order valence-corrected chi connectivity index (χ3v) is 1.67. The molecule has 0 saturated carbocycles. The predicted octanol–water partition coefficient (Wildman–Crippen LogP) is 2.74. The largest absolute Gasteiger partial charge is 0.399 e. The van der Waals surface area contributed by atoms with Gasteiger partial charge in [0.1, 0.15) is 0 Å². The van der Waals surface area contributed by atoms with Crippen molar-refractivity contribution in [3.05, 3.63) is 23.9 Å². The lowest BCUT2D eigenvalue weighted by molar-refractivity contribution is 0.450. The Morgan fingerprint density at radius 1 is 1.31 bits per heavy atom. The summed E-state index contributed by atoms with van der Waals surface area (Å²) in [4.78, 5) is 0. The van der Waals surface area contributed by atoms with Crippen molar-refractivity contribution >= 4 is 16.7 Å². The van der Waals surface area contributed by atoms with E-state index >= 15 is 0 Å². The monoisotopic (exact) mass is 178 g/mol. The predicted molar refractivity (Wildman–Crippen MR) is 54.5 cm³/mol. The molecule has 1 heterocycles. The van der Waals surface area contributed by atoms with Crippen LogP contribution < -0.4 is 5.73 Å². The number of benzene rings is 1. The van der Waals surface area contributed by atoms with Crippen molar-refractivity contribution in [2.24, 2.45) is 0 Å². The zero-order chi connectivity index (χ0) is 9.84. The molecule has 0 bridgehead atoms. The highest BCUT2D eigenvalue weighted by Gasteiger charge is 2.02.